The van der Waals surface area contributed by atoms with E-state index in [1.54, 1.807) is 18.2 Å². The zero-order chi connectivity index (χ0) is 26.6. The molecule has 1 aromatic carbocycles. The topological polar surface area (TPSA) is 131 Å². The van der Waals surface area contributed by atoms with Gasteiger partial charge in [-0.25, -0.2) is 0 Å². The van der Waals surface area contributed by atoms with Gasteiger partial charge in [0, 0.05) is 25.1 Å². The molecule has 0 radical (unpaired) electrons. The van der Waals surface area contributed by atoms with Crippen molar-refractivity contribution in [2.45, 2.75) is 77.2 Å². The third-order valence-corrected chi connectivity index (χ3v) is 6.51. The minimum absolute atomic E-state index is 0.0701. The van der Waals surface area contributed by atoms with Gasteiger partial charge in [0.15, 0.2) is 0 Å². The third-order valence-electron chi connectivity index (χ3n) is 6.51. The van der Waals surface area contributed by atoms with Crippen LogP contribution in [-0.2, 0) is 23.9 Å². The molecule has 1 saturated heterocycles. The molecule has 0 spiro atoms. The monoisotopic (exact) mass is 515 g/mol. The summed E-state index contributed by atoms with van der Waals surface area (Å²) in [6.45, 7) is 3.30. The largest absolute Gasteiger partial charge is 0.463 e. The van der Waals surface area contributed by atoms with Gasteiger partial charge >= 0.3 is 5.97 Å². The van der Waals surface area contributed by atoms with E-state index >= 15 is 0 Å². The van der Waals surface area contributed by atoms with E-state index in [0.717, 1.165) is 24.2 Å². The van der Waals surface area contributed by atoms with Gasteiger partial charge in [0.2, 0.25) is 11.8 Å². The number of hydrogen-bond donors (Lipinski definition) is 2. The lowest BCUT2D eigenvalue weighted by Gasteiger charge is -2.27. The molecule has 0 saturated carbocycles. The number of carbonyl (C=O) groups excluding carboxylic acids is 5. The first-order valence-corrected chi connectivity index (χ1v) is 13.3. The number of ether oxygens (including phenoxy) is 2. The molecular weight excluding hydrogens is 478 g/mol. The molecule has 10 nitrogen and oxygen atoms in total. The number of unbranched alkanes of at least 4 members (excludes halogenated alkanes) is 6. The van der Waals surface area contributed by atoms with Gasteiger partial charge in [-0.05, 0) is 25.0 Å². The lowest BCUT2D eigenvalue weighted by atomic mass is 10.0. The standard InChI is InChI=1S/C27H37N3O7/c1-2-3-4-5-6-7-8-12-23(32)37-18-17-36-16-15-28-20-11-9-10-19-24(20)27(35)30(26(19)34)21-13-14-22(31)29-25(21)33/h9-11,21,28H,2-8,12-18H2,1H3,(H,29,31,33). The highest BCUT2D eigenvalue weighted by atomic mass is 16.6. The number of carbonyl (C=O) groups is 5. The van der Waals surface area contributed by atoms with Gasteiger partial charge in [-0.15, -0.1) is 0 Å². The molecule has 0 aliphatic carbocycles. The predicted molar refractivity (Wildman–Crippen MR) is 136 cm³/mol. The van der Waals surface area contributed by atoms with Crippen molar-refractivity contribution in [1.82, 2.24) is 10.2 Å². The fourth-order valence-corrected chi connectivity index (χ4v) is 4.54. The maximum atomic E-state index is 13.1. The molecule has 202 valence electrons. The van der Waals surface area contributed by atoms with Crippen LogP contribution < -0.4 is 10.6 Å². The Kier molecular flexibility index (Phi) is 11.1. The average molecular weight is 516 g/mol. The number of piperidine rings is 1. The highest BCUT2D eigenvalue weighted by Crippen LogP contribution is 2.32. The third kappa shape index (κ3) is 7.85. The van der Waals surface area contributed by atoms with E-state index < -0.39 is 29.7 Å². The van der Waals surface area contributed by atoms with Gasteiger partial charge in [0.05, 0.1) is 24.3 Å². The Morgan fingerprint density at radius 2 is 1.76 bits per heavy atom. The molecule has 0 bridgehead atoms. The first-order chi connectivity index (χ1) is 17.9. The van der Waals surface area contributed by atoms with Crippen LogP contribution >= 0.6 is 0 Å². The Bertz CT molecular complexity index is 994. The molecule has 2 heterocycles. The van der Waals surface area contributed by atoms with E-state index in [1.165, 1.54) is 25.7 Å². The fraction of sp³-hybridized carbons (Fsp3) is 0.593. The molecule has 2 aliphatic rings. The van der Waals surface area contributed by atoms with E-state index in [-0.39, 0.29) is 43.2 Å². The summed E-state index contributed by atoms with van der Waals surface area (Å²) in [6.07, 6.45) is 8.63. The lowest BCUT2D eigenvalue weighted by Crippen LogP contribution is -2.54. The van der Waals surface area contributed by atoms with Crippen molar-refractivity contribution in [2.24, 2.45) is 0 Å². The van der Waals surface area contributed by atoms with Crippen molar-refractivity contribution in [1.29, 1.82) is 0 Å². The number of anilines is 1. The average Bonchev–Trinajstić information content (AvgIpc) is 3.13. The van der Waals surface area contributed by atoms with Crippen LogP contribution in [0.5, 0.6) is 0 Å². The van der Waals surface area contributed by atoms with Crippen LogP contribution in [0.1, 0.15) is 91.8 Å². The van der Waals surface area contributed by atoms with E-state index in [4.69, 9.17) is 9.47 Å². The number of benzene rings is 1. The summed E-state index contributed by atoms with van der Waals surface area (Å²) in [6, 6.07) is 3.88. The molecule has 10 heteroatoms. The Hall–Kier alpha value is -3.27. The van der Waals surface area contributed by atoms with Gasteiger partial charge in [-0.1, -0.05) is 51.5 Å². The van der Waals surface area contributed by atoms with Crippen molar-refractivity contribution in [2.75, 3.05) is 31.7 Å². The maximum Gasteiger partial charge on any atom is 0.305 e. The van der Waals surface area contributed by atoms with Gasteiger partial charge < -0.3 is 14.8 Å². The Labute approximate surface area is 217 Å². The molecule has 2 N–H and O–H groups in total. The van der Waals surface area contributed by atoms with E-state index in [0.29, 0.717) is 25.3 Å². The second kappa shape index (κ2) is 14.5. The molecule has 1 atom stereocenters. The summed E-state index contributed by atoms with van der Waals surface area (Å²) in [4.78, 5) is 62.3. The predicted octanol–water partition coefficient (Wildman–Crippen LogP) is 3.20. The van der Waals surface area contributed by atoms with Gasteiger partial charge in [0.25, 0.3) is 11.8 Å². The molecule has 0 aromatic heterocycles. The van der Waals surface area contributed by atoms with Gasteiger partial charge in [-0.3, -0.25) is 34.2 Å². The summed E-state index contributed by atoms with van der Waals surface area (Å²) in [5, 5.41) is 5.29. The number of imide groups is 2. The number of fused-ring (bicyclic) bond motifs is 1. The molecule has 1 unspecified atom stereocenters. The minimum Gasteiger partial charge on any atom is -0.463 e. The summed E-state index contributed by atoms with van der Waals surface area (Å²) < 4.78 is 10.7. The first kappa shape index (κ1) is 28.3. The van der Waals surface area contributed by atoms with Crippen LogP contribution in [0.3, 0.4) is 0 Å². The molecule has 1 fully saturated rings. The van der Waals surface area contributed by atoms with E-state index in [2.05, 4.69) is 17.6 Å². The van der Waals surface area contributed by atoms with E-state index in [1.807, 2.05) is 0 Å². The van der Waals surface area contributed by atoms with Crippen LogP contribution in [0.2, 0.25) is 0 Å². The molecule has 2 aliphatic heterocycles. The van der Waals surface area contributed by atoms with Crippen LogP contribution in [-0.4, -0.2) is 66.9 Å². The lowest BCUT2D eigenvalue weighted by molar-refractivity contribution is -0.145. The van der Waals surface area contributed by atoms with Crippen LogP contribution in [0.15, 0.2) is 18.2 Å². The van der Waals surface area contributed by atoms with E-state index in [9.17, 15) is 24.0 Å². The summed E-state index contributed by atoms with van der Waals surface area (Å²) >= 11 is 0. The second-order valence-corrected chi connectivity index (χ2v) is 9.31. The summed E-state index contributed by atoms with van der Waals surface area (Å²) in [7, 11) is 0. The van der Waals surface area contributed by atoms with Crippen molar-refractivity contribution in [3.05, 3.63) is 29.3 Å². The number of esters is 1. The van der Waals surface area contributed by atoms with Crippen molar-refractivity contribution >= 4 is 35.3 Å². The van der Waals surface area contributed by atoms with Crippen LogP contribution in [0, 0.1) is 0 Å². The molecular formula is C27H37N3O7. The van der Waals surface area contributed by atoms with Crippen LogP contribution in [0.4, 0.5) is 5.69 Å². The van der Waals surface area contributed by atoms with Crippen molar-refractivity contribution in [3.63, 3.8) is 0 Å². The highest BCUT2D eigenvalue weighted by Gasteiger charge is 2.45. The Morgan fingerprint density at radius 3 is 2.51 bits per heavy atom. The summed E-state index contributed by atoms with van der Waals surface area (Å²) in [5.41, 5.74) is 0.889. The quantitative estimate of drug-likeness (QED) is 0.195. The van der Waals surface area contributed by atoms with Gasteiger partial charge in [0.1, 0.15) is 12.6 Å². The zero-order valence-electron chi connectivity index (χ0n) is 21.5. The molecule has 3 rings (SSSR count). The maximum absolute atomic E-state index is 13.1. The zero-order valence-corrected chi connectivity index (χ0v) is 21.5. The highest BCUT2D eigenvalue weighted by molar-refractivity contribution is 6.25. The molecule has 37 heavy (non-hydrogen) atoms. The van der Waals surface area contributed by atoms with Crippen molar-refractivity contribution in [3.8, 4) is 0 Å². The molecule has 4 amide bonds. The van der Waals surface area contributed by atoms with Crippen LogP contribution in [0.25, 0.3) is 0 Å². The number of nitrogens with one attached hydrogen (secondary N) is 2. The smallest absolute Gasteiger partial charge is 0.305 e. The number of amides is 4. The summed E-state index contributed by atoms with van der Waals surface area (Å²) in [5.74, 6) is -2.38. The number of hydrogen-bond acceptors (Lipinski definition) is 8. The first-order valence-electron chi connectivity index (χ1n) is 13.3. The second-order valence-electron chi connectivity index (χ2n) is 9.31. The number of rotatable bonds is 16. The molecule has 1 aromatic rings. The normalized spacial score (nSPS) is 17.1. The van der Waals surface area contributed by atoms with Gasteiger partial charge in [-0.2, -0.15) is 0 Å². The number of nitrogens with zero attached hydrogens (tertiary/aromatic N) is 1. The SMILES string of the molecule is CCCCCCCCCC(=O)OCCOCCNc1cccc2c1C(=O)N(C1CCC(=O)NC1=O)C2=O. The van der Waals surface area contributed by atoms with Crippen molar-refractivity contribution < 1.29 is 33.4 Å². The Morgan fingerprint density at radius 1 is 1.00 bits per heavy atom. The Balaban J connectivity index is 1.35. The fourth-order valence-electron chi connectivity index (χ4n) is 4.54. The minimum atomic E-state index is -1.00.